The smallest absolute Gasteiger partial charge is 0.164 e. The minimum atomic E-state index is -0.0249. The van der Waals surface area contributed by atoms with Crippen LogP contribution in [0.1, 0.15) is 32.7 Å². The maximum atomic E-state index is 11.4. The Morgan fingerprint density at radius 3 is 2.79 bits per heavy atom. The first kappa shape index (κ1) is 10.9. The second-order valence-electron chi connectivity index (χ2n) is 3.05. The second-order valence-corrected chi connectivity index (χ2v) is 3.43. The minimum absolute atomic E-state index is 0.0249. The van der Waals surface area contributed by atoms with Gasteiger partial charge in [0.05, 0.1) is 0 Å². The van der Waals surface area contributed by atoms with Crippen LogP contribution in [0.2, 0.25) is 0 Å². The Labute approximate surface area is 87.9 Å². The molecule has 0 spiro atoms. The number of hydrogen-bond donors (Lipinski definition) is 0. The van der Waals surface area contributed by atoms with E-state index in [0.29, 0.717) is 23.4 Å². The molecule has 0 saturated heterocycles. The fraction of sp³-hybridized carbons (Fsp3) is 0.273. The van der Waals surface area contributed by atoms with E-state index in [0.717, 1.165) is 11.8 Å². The van der Waals surface area contributed by atoms with Crippen molar-refractivity contribution in [3.05, 3.63) is 34.9 Å². The summed E-state index contributed by atoms with van der Waals surface area (Å²) < 4.78 is 0. The standard InChI is InChI=1S/C11H11ClO2/c1-8-2-3-9(6-10(8)7-13)11(14)4-5-12/h2-3,6-7H,4-5H2,1H3. The molecule has 0 bridgehead atoms. The van der Waals surface area contributed by atoms with Crippen molar-refractivity contribution in [1.29, 1.82) is 0 Å². The maximum Gasteiger partial charge on any atom is 0.164 e. The topological polar surface area (TPSA) is 34.1 Å². The summed E-state index contributed by atoms with van der Waals surface area (Å²) in [6.45, 7) is 1.83. The quantitative estimate of drug-likeness (QED) is 0.435. The summed E-state index contributed by atoms with van der Waals surface area (Å²) in [6, 6.07) is 5.10. The van der Waals surface area contributed by atoms with E-state index in [1.54, 1.807) is 18.2 Å². The van der Waals surface area contributed by atoms with Crippen LogP contribution in [0.25, 0.3) is 0 Å². The second kappa shape index (κ2) is 4.91. The van der Waals surface area contributed by atoms with Crippen molar-refractivity contribution in [2.24, 2.45) is 0 Å². The number of hydrogen-bond acceptors (Lipinski definition) is 2. The van der Waals surface area contributed by atoms with Crippen LogP contribution in [-0.2, 0) is 0 Å². The van der Waals surface area contributed by atoms with Gasteiger partial charge in [-0.1, -0.05) is 12.1 Å². The van der Waals surface area contributed by atoms with E-state index in [2.05, 4.69) is 0 Å². The van der Waals surface area contributed by atoms with Gasteiger partial charge < -0.3 is 0 Å². The first-order chi connectivity index (χ1) is 6.69. The van der Waals surface area contributed by atoms with E-state index in [4.69, 9.17) is 11.6 Å². The van der Waals surface area contributed by atoms with Crippen LogP contribution in [0, 0.1) is 6.92 Å². The average Bonchev–Trinajstić information content (AvgIpc) is 2.19. The molecule has 0 saturated carbocycles. The highest BCUT2D eigenvalue weighted by atomic mass is 35.5. The van der Waals surface area contributed by atoms with Gasteiger partial charge in [0.2, 0.25) is 0 Å². The maximum absolute atomic E-state index is 11.4. The first-order valence-electron chi connectivity index (χ1n) is 4.34. The first-order valence-corrected chi connectivity index (χ1v) is 4.87. The molecule has 1 rings (SSSR count). The molecule has 0 fully saturated rings. The average molecular weight is 211 g/mol. The summed E-state index contributed by atoms with van der Waals surface area (Å²) >= 11 is 5.46. The molecule has 0 N–H and O–H groups in total. The molecule has 1 aromatic carbocycles. The third kappa shape index (κ3) is 2.42. The van der Waals surface area contributed by atoms with Crippen LogP contribution in [0.5, 0.6) is 0 Å². The van der Waals surface area contributed by atoms with Gasteiger partial charge in [0.1, 0.15) is 6.29 Å². The van der Waals surface area contributed by atoms with E-state index >= 15 is 0 Å². The number of carbonyl (C=O) groups is 2. The van der Waals surface area contributed by atoms with Gasteiger partial charge in [-0.15, -0.1) is 11.6 Å². The molecule has 74 valence electrons. The molecule has 2 nitrogen and oxygen atoms in total. The summed E-state index contributed by atoms with van der Waals surface area (Å²) in [4.78, 5) is 22.0. The highest BCUT2D eigenvalue weighted by molar-refractivity contribution is 6.19. The van der Waals surface area contributed by atoms with E-state index in [9.17, 15) is 9.59 Å². The van der Waals surface area contributed by atoms with Crippen molar-refractivity contribution in [1.82, 2.24) is 0 Å². The van der Waals surface area contributed by atoms with Gasteiger partial charge in [0.15, 0.2) is 5.78 Å². The van der Waals surface area contributed by atoms with Crippen LogP contribution >= 0.6 is 11.6 Å². The Bertz CT molecular complexity index is 358. The highest BCUT2D eigenvalue weighted by Crippen LogP contribution is 2.11. The number of aldehydes is 1. The number of rotatable bonds is 4. The van der Waals surface area contributed by atoms with Gasteiger partial charge in [-0.3, -0.25) is 9.59 Å². The van der Waals surface area contributed by atoms with Crippen molar-refractivity contribution in [2.75, 3.05) is 5.88 Å². The molecule has 0 aliphatic rings. The fourth-order valence-electron chi connectivity index (χ4n) is 1.17. The number of carbonyl (C=O) groups excluding carboxylic acids is 2. The van der Waals surface area contributed by atoms with Crippen molar-refractivity contribution in [3.63, 3.8) is 0 Å². The molecular formula is C11H11ClO2. The van der Waals surface area contributed by atoms with Crippen molar-refractivity contribution < 1.29 is 9.59 Å². The molecule has 14 heavy (non-hydrogen) atoms. The number of halogens is 1. The summed E-state index contributed by atoms with van der Waals surface area (Å²) in [6.07, 6.45) is 1.07. The molecule has 0 unspecified atom stereocenters. The summed E-state index contributed by atoms with van der Waals surface area (Å²) in [5.41, 5.74) is 1.99. The molecule has 0 atom stereocenters. The molecule has 0 radical (unpaired) electrons. The molecule has 0 heterocycles. The summed E-state index contributed by atoms with van der Waals surface area (Å²) in [5.74, 6) is 0.284. The number of aryl methyl sites for hydroxylation is 1. The number of Topliss-reactive ketones (excluding diaryl/α,β-unsaturated/α-hetero) is 1. The van der Waals surface area contributed by atoms with E-state index in [1.807, 2.05) is 6.92 Å². The van der Waals surface area contributed by atoms with E-state index in [1.165, 1.54) is 0 Å². The fourth-order valence-corrected chi connectivity index (χ4v) is 1.34. The molecule has 0 aliphatic carbocycles. The SMILES string of the molecule is Cc1ccc(C(=O)CCCl)cc1C=O. The van der Waals surface area contributed by atoms with Crippen molar-refractivity contribution in [3.8, 4) is 0 Å². The number of ketones is 1. The Balaban J connectivity index is 3.00. The number of benzene rings is 1. The largest absolute Gasteiger partial charge is 0.298 e. The predicted molar refractivity (Wildman–Crippen MR) is 56.2 cm³/mol. The minimum Gasteiger partial charge on any atom is -0.298 e. The third-order valence-corrected chi connectivity index (χ3v) is 2.24. The Kier molecular flexibility index (Phi) is 3.84. The molecule has 3 heteroatoms. The number of alkyl halides is 1. The van der Waals surface area contributed by atoms with Gasteiger partial charge in [-0.2, -0.15) is 0 Å². The van der Waals surface area contributed by atoms with E-state index in [-0.39, 0.29) is 5.78 Å². The lowest BCUT2D eigenvalue weighted by atomic mass is 10.0. The third-order valence-electron chi connectivity index (χ3n) is 2.05. The Morgan fingerprint density at radius 1 is 1.50 bits per heavy atom. The molecule has 0 amide bonds. The van der Waals surface area contributed by atoms with Gasteiger partial charge in [0, 0.05) is 23.4 Å². The molecular weight excluding hydrogens is 200 g/mol. The lowest BCUT2D eigenvalue weighted by Gasteiger charge is -2.02. The van der Waals surface area contributed by atoms with Crippen molar-refractivity contribution >= 4 is 23.7 Å². The molecule has 1 aromatic rings. The Morgan fingerprint density at radius 2 is 2.21 bits per heavy atom. The predicted octanol–water partition coefficient (Wildman–Crippen LogP) is 2.62. The lowest BCUT2D eigenvalue weighted by molar-refractivity contribution is 0.0989. The zero-order valence-electron chi connectivity index (χ0n) is 7.92. The summed E-state index contributed by atoms with van der Waals surface area (Å²) in [5, 5.41) is 0. The molecule has 0 aliphatic heterocycles. The van der Waals surface area contributed by atoms with Crippen molar-refractivity contribution in [2.45, 2.75) is 13.3 Å². The zero-order valence-corrected chi connectivity index (χ0v) is 8.67. The van der Waals surface area contributed by atoms with Crippen LogP contribution < -0.4 is 0 Å². The van der Waals surface area contributed by atoms with Crippen LogP contribution in [-0.4, -0.2) is 17.9 Å². The van der Waals surface area contributed by atoms with Gasteiger partial charge in [-0.05, 0) is 18.6 Å². The summed E-state index contributed by atoms with van der Waals surface area (Å²) in [7, 11) is 0. The zero-order chi connectivity index (χ0) is 10.6. The highest BCUT2D eigenvalue weighted by Gasteiger charge is 2.06. The lowest BCUT2D eigenvalue weighted by Crippen LogP contribution is -2.01. The Hall–Kier alpha value is -1.15. The van der Waals surface area contributed by atoms with Gasteiger partial charge >= 0.3 is 0 Å². The van der Waals surface area contributed by atoms with Crippen LogP contribution in [0.15, 0.2) is 18.2 Å². The van der Waals surface area contributed by atoms with Crippen LogP contribution in [0.3, 0.4) is 0 Å². The normalized spacial score (nSPS) is 9.86. The van der Waals surface area contributed by atoms with E-state index < -0.39 is 0 Å². The molecule has 0 aromatic heterocycles. The van der Waals surface area contributed by atoms with Gasteiger partial charge in [0.25, 0.3) is 0 Å². The van der Waals surface area contributed by atoms with Crippen LogP contribution in [0.4, 0.5) is 0 Å². The van der Waals surface area contributed by atoms with Gasteiger partial charge in [-0.25, -0.2) is 0 Å². The monoisotopic (exact) mass is 210 g/mol.